The highest BCUT2D eigenvalue weighted by atomic mass is 16.5. The van der Waals surface area contributed by atoms with Crippen LogP contribution in [0.5, 0.6) is 0 Å². The van der Waals surface area contributed by atoms with Crippen LogP contribution >= 0.6 is 0 Å². The van der Waals surface area contributed by atoms with Crippen LogP contribution in [-0.4, -0.2) is 18.2 Å². The monoisotopic (exact) mass is 228 g/mol. The molecule has 0 aliphatic carbocycles. The van der Waals surface area contributed by atoms with Gasteiger partial charge in [-0.05, 0) is 32.6 Å². The number of nitrogens with one attached hydrogen (secondary N) is 1. The van der Waals surface area contributed by atoms with Gasteiger partial charge in [0.05, 0.1) is 5.60 Å². The van der Waals surface area contributed by atoms with Gasteiger partial charge in [0.2, 0.25) is 0 Å². The van der Waals surface area contributed by atoms with E-state index in [0.717, 1.165) is 19.4 Å². The minimum Gasteiger partial charge on any atom is -0.374 e. The molecule has 0 bridgehead atoms. The summed E-state index contributed by atoms with van der Waals surface area (Å²) in [4.78, 5) is 0. The Morgan fingerprint density at radius 3 is 2.69 bits per heavy atom. The number of rotatable bonds is 7. The number of hydrogen-bond acceptors (Lipinski definition) is 3. The molecule has 0 spiro atoms. The molecule has 1 aliphatic heterocycles. The zero-order valence-corrected chi connectivity index (χ0v) is 10.9. The van der Waals surface area contributed by atoms with Crippen molar-refractivity contribution in [2.75, 3.05) is 6.61 Å². The fourth-order valence-electron chi connectivity index (χ4n) is 2.57. The minimum absolute atomic E-state index is 0.0424. The summed E-state index contributed by atoms with van der Waals surface area (Å²) in [5.74, 6) is 5.67. The number of nitrogens with two attached hydrogens (primary N) is 1. The first-order valence-corrected chi connectivity index (χ1v) is 6.83. The van der Waals surface area contributed by atoms with Gasteiger partial charge in [-0.2, -0.15) is 0 Å². The predicted octanol–water partition coefficient (Wildman–Crippen LogP) is 2.75. The maximum atomic E-state index is 5.93. The lowest BCUT2D eigenvalue weighted by atomic mass is 9.85. The highest BCUT2D eigenvalue weighted by molar-refractivity contribution is 4.90. The second-order valence-corrected chi connectivity index (χ2v) is 5.19. The molecular formula is C13H28N2O. The Bertz CT molecular complexity index is 179. The molecule has 96 valence electrons. The highest BCUT2D eigenvalue weighted by Gasteiger charge is 2.35. The number of hydrogen-bond donors (Lipinski definition) is 2. The molecule has 0 saturated carbocycles. The van der Waals surface area contributed by atoms with Crippen molar-refractivity contribution in [1.29, 1.82) is 0 Å². The summed E-state index contributed by atoms with van der Waals surface area (Å²) >= 11 is 0. The molecule has 0 aromatic rings. The number of unbranched alkanes of at least 4 members (excludes halogenated alkanes) is 3. The molecule has 1 aliphatic rings. The van der Waals surface area contributed by atoms with Crippen LogP contribution in [0.3, 0.4) is 0 Å². The van der Waals surface area contributed by atoms with Crippen LogP contribution in [0.15, 0.2) is 0 Å². The Balaban J connectivity index is 2.33. The first kappa shape index (κ1) is 13.9. The van der Waals surface area contributed by atoms with Gasteiger partial charge in [0, 0.05) is 12.6 Å². The summed E-state index contributed by atoms with van der Waals surface area (Å²) < 4.78 is 5.93. The van der Waals surface area contributed by atoms with E-state index in [1.807, 2.05) is 0 Å². The first-order valence-electron chi connectivity index (χ1n) is 6.83. The standard InChI is InChI=1S/C13H28N2O/c1-3-4-5-6-9-12(15-14)13(2)10-7-8-11-16-13/h12,15H,3-11,14H2,1-2H3. The Morgan fingerprint density at radius 1 is 1.31 bits per heavy atom. The van der Waals surface area contributed by atoms with Crippen LogP contribution in [0.25, 0.3) is 0 Å². The second kappa shape index (κ2) is 7.25. The highest BCUT2D eigenvalue weighted by Crippen LogP contribution is 2.29. The van der Waals surface area contributed by atoms with Crippen molar-refractivity contribution in [3.8, 4) is 0 Å². The van der Waals surface area contributed by atoms with Gasteiger partial charge in [0.25, 0.3) is 0 Å². The van der Waals surface area contributed by atoms with Crippen LogP contribution in [0.4, 0.5) is 0 Å². The topological polar surface area (TPSA) is 47.3 Å². The van der Waals surface area contributed by atoms with E-state index in [9.17, 15) is 0 Å². The van der Waals surface area contributed by atoms with Crippen molar-refractivity contribution < 1.29 is 4.74 Å². The summed E-state index contributed by atoms with van der Waals surface area (Å²) in [6, 6.07) is 0.310. The van der Waals surface area contributed by atoms with Crippen molar-refractivity contribution in [3.05, 3.63) is 0 Å². The molecule has 1 rings (SSSR count). The fourth-order valence-corrected chi connectivity index (χ4v) is 2.57. The van der Waals surface area contributed by atoms with Crippen molar-refractivity contribution >= 4 is 0 Å². The lowest BCUT2D eigenvalue weighted by molar-refractivity contribution is -0.0904. The quantitative estimate of drug-likeness (QED) is 0.400. The van der Waals surface area contributed by atoms with E-state index in [2.05, 4.69) is 19.3 Å². The van der Waals surface area contributed by atoms with Gasteiger partial charge in [-0.1, -0.05) is 32.6 Å². The summed E-state index contributed by atoms with van der Waals surface area (Å²) in [7, 11) is 0. The Morgan fingerprint density at radius 2 is 2.12 bits per heavy atom. The van der Waals surface area contributed by atoms with Crippen molar-refractivity contribution in [3.63, 3.8) is 0 Å². The average molecular weight is 228 g/mol. The normalized spacial score (nSPS) is 27.9. The maximum absolute atomic E-state index is 5.93. The predicted molar refractivity (Wildman–Crippen MR) is 68.1 cm³/mol. The Hall–Kier alpha value is -0.120. The fraction of sp³-hybridized carbons (Fsp3) is 1.00. The van der Waals surface area contributed by atoms with E-state index in [0.29, 0.717) is 6.04 Å². The van der Waals surface area contributed by atoms with E-state index < -0.39 is 0 Å². The van der Waals surface area contributed by atoms with E-state index in [4.69, 9.17) is 10.6 Å². The zero-order chi connectivity index (χ0) is 11.9. The van der Waals surface area contributed by atoms with Gasteiger partial charge in [-0.15, -0.1) is 0 Å². The van der Waals surface area contributed by atoms with E-state index in [-0.39, 0.29) is 5.60 Å². The number of hydrazine groups is 1. The molecule has 0 radical (unpaired) electrons. The Labute approximate surface area is 100 Å². The third-order valence-corrected chi connectivity index (χ3v) is 3.78. The van der Waals surface area contributed by atoms with Crippen LogP contribution in [0, 0.1) is 0 Å². The molecule has 0 aromatic heterocycles. The van der Waals surface area contributed by atoms with Gasteiger partial charge >= 0.3 is 0 Å². The third-order valence-electron chi connectivity index (χ3n) is 3.78. The van der Waals surface area contributed by atoms with Gasteiger partial charge in [-0.25, -0.2) is 0 Å². The molecule has 1 fully saturated rings. The van der Waals surface area contributed by atoms with Gasteiger partial charge in [-0.3, -0.25) is 11.3 Å². The number of ether oxygens (including phenoxy) is 1. The molecule has 3 N–H and O–H groups in total. The molecule has 3 nitrogen and oxygen atoms in total. The summed E-state index contributed by atoms with van der Waals surface area (Å²) in [5, 5.41) is 0. The van der Waals surface area contributed by atoms with E-state index in [1.54, 1.807) is 0 Å². The second-order valence-electron chi connectivity index (χ2n) is 5.19. The van der Waals surface area contributed by atoms with Gasteiger partial charge in [0.1, 0.15) is 0 Å². The molecule has 3 heteroatoms. The molecule has 1 saturated heterocycles. The molecule has 2 atom stereocenters. The van der Waals surface area contributed by atoms with Crippen LogP contribution in [-0.2, 0) is 4.74 Å². The average Bonchev–Trinajstić information content (AvgIpc) is 2.30. The molecular weight excluding hydrogens is 200 g/mol. The largest absolute Gasteiger partial charge is 0.374 e. The molecule has 0 aromatic carbocycles. The minimum atomic E-state index is -0.0424. The smallest absolute Gasteiger partial charge is 0.0820 e. The van der Waals surface area contributed by atoms with Crippen molar-refractivity contribution in [2.45, 2.75) is 76.9 Å². The molecule has 16 heavy (non-hydrogen) atoms. The van der Waals surface area contributed by atoms with Crippen LogP contribution in [0.1, 0.15) is 65.2 Å². The van der Waals surface area contributed by atoms with Crippen molar-refractivity contribution in [1.82, 2.24) is 5.43 Å². The Kier molecular flexibility index (Phi) is 6.32. The van der Waals surface area contributed by atoms with E-state index >= 15 is 0 Å². The van der Waals surface area contributed by atoms with Crippen LogP contribution < -0.4 is 11.3 Å². The summed E-state index contributed by atoms with van der Waals surface area (Å²) in [6.07, 6.45) is 9.91. The van der Waals surface area contributed by atoms with Crippen LogP contribution in [0.2, 0.25) is 0 Å². The lowest BCUT2D eigenvalue weighted by Crippen LogP contribution is -2.54. The van der Waals surface area contributed by atoms with Gasteiger partial charge in [0.15, 0.2) is 0 Å². The first-order chi connectivity index (χ1) is 7.73. The lowest BCUT2D eigenvalue weighted by Gasteiger charge is -2.40. The molecule has 1 heterocycles. The third kappa shape index (κ3) is 4.04. The molecule has 2 unspecified atom stereocenters. The SMILES string of the molecule is CCCCCCC(NN)C1(C)CCCCO1. The van der Waals surface area contributed by atoms with Crippen molar-refractivity contribution in [2.24, 2.45) is 5.84 Å². The van der Waals surface area contributed by atoms with E-state index in [1.165, 1.54) is 38.5 Å². The van der Waals surface area contributed by atoms with Gasteiger partial charge < -0.3 is 4.74 Å². The maximum Gasteiger partial charge on any atom is 0.0820 e. The summed E-state index contributed by atoms with van der Waals surface area (Å²) in [6.45, 7) is 5.34. The zero-order valence-electron chi connectivity index (χ0n) is 10.9. The molecule has 0 amide bonds. The summed E-state index contributed by atoms with van der Waals surface area (Å²) in [5.41, 5.74) is 2.92.